The van der Waals surface area contributed by atoms with Crippen molar-refractivity contribution in [3.05, 3.63) is 34.8 Å². The van der Waals surface area contributed by atoms with Crippen molar-refractivity contribution in [2.24, 2.45) is 5.92 Å². The lowest BCUT2D eigenvalue weighted by Gasteiger charge is -2.32. The molecule has 0 amide bonds. The van der Waals surface area contributed by atoms with Crippen LogP contribution in [-0.4, -0.2) is 40.7 Å². The smallest absolute Gasteiger partial charge is 0.246 e. The highest BCUT2D eigenvalue weighted by Gasteiger charge is 2.33. The molecule has 0 aliphatic carbocycles. The van der Waals surface area contributed by atoms with Gasteiger partial charge in [-0.1, -0.05) is 13.0 Å². The van der Waals surface area contributed by atoms with Gasteiger partial charge in [-0.05, 0) is 36.6 Å². The van der Waals surface area contributed by atoms with E-state index < -0.39 is 16.1 Å². The molecule has 1 aliphatic heterocycles. The zero-order chi connectivity index (χ0) is 17.2. The van der Waals surface area contributed by atoms with Gasteiger partial charge in [0.15, 0.2) is 0 Å². The molecule has 2 aromatic heterocycles. The van der Waals surface area contributed by atoms with E-state index in [1.165, 1.54) is 10.5 Å². The van der Waals surface area contributed by atoms with E-state index in [1.807, 2.05) is 24.4 Å². The van der Waals surface area contributed by atoms with E-state index in [1.54, 1.807) is 22.2 Å². The average Bonchev–Trinajstić information content (AvgIpc) is 3.26. The zero-order valence-electron chi connectivity index (χ0n) is 13.7. The van der Waals surface area contributed by atoms with E-state index in [2.05, 4.69) is 5.10 Å². The Bertz CT molecular complexity index is 747. The number of nitrogens with zero attached hydrogens (tertiary/aromatic N) is 3. The van der Waals surface area contributed by atoms with E-state index in [0.717, 1.165) is 11.3 Å². The first kappa shape index (κ1) is 17.6. The fourth-order valence-electron chi connectivity index (χ4n) is 3.10. The minimum atomic E-state index is -3.49. The molecule has 1 N–H and O–H groups in total. The van der Waals surface area contributed by atoms with Crippen LogP contribution in [0.3, 0.4) is 0 Å². The molecule has 1 aliphatic rings. The molecule has 1 saturated heterocycles. The Balaban J connectivity index is 1.64. The van der Waals surface area contributed by atoms with Gasteiger partial charge in [-0.15, -0.1) is 11.3 Å². The molecule has 0 bridgehead atoms. The quantitative estimate of drug-likeness (QED) is 0.849. The molecule has 132 valence electrons. The molecule has 2 aromatic rings. The summed E-state index contributed by atoms with van der Waals surface area (Å²) in [5.41, 5.74) is 0. The minimum Gasteiger partial charge on any atom is -0.387 e. The number of aliphatic hydroxyl groups is 1. The summed E-state index contributed by atoms with van der Waals surface area (Å²) in [6, 6.07) is 3.86. The van der Waals surface area contributed by atoms with Crippen molar-refractivity contribution < 1.29 is 13.5 Å². The zero-order valence-corrected chi connectivity index (χ0v) is 15.3. The molecule has 0 spiro atoms. The van der Waals surface area contributed by atoms with Gasteiger partial charge in [-0.3, -0.25) is 4.68 Å². The lowest BCUT2D eigenvalue weighted by molar-refractivity contribution is 0.0789. The van der Waals surface area contributed by atoms with Crippen LogP contribution in [0.4, 0.5) is 0 Å². The SMILES string of the molecule is CCCn1cc(S(=O)(=O)N2CCC(C(O)c3cccs3)CC2)cn1. The van der Waals surface area contributed by atoms with Gasteiger partial charge in [0.05, 0.1) is 12.3 Å². The topological polar surface area (TPSA) is 75.4 Å². The standard InChI is InChI=1S/C16H23N3O3S2/c1-2-7-18-12-14(11-17-18)24(21,22)19-8-5-13(6-9-19)16(20)15-4-3-10-23-15/h3-4,10-13,16,20H,2,5-9H2,1H3. The summed E-state index contributed by atoms with van der Waals surface area (Å²) in [6.07, 6.45) is 4.78. The third-order valence-corrected chi connectivity index (χ3v) is 7.27. The van der Waals surface area contributed by atoms with Crippen LogP contribution >= 0.6 is 11.3 Å². The fraction of sp³-hybridized carbons (Fsp3) is 0.562. The van der Waals surface area contributed by atoms with Gasteiger partial charge in [0.2, 0.25) is 10.0 Å². The van der Waals surface area contributed by atoms with Crippen LogP contribution < -0.4 is 0 Å². The van der Waals surface area contributed by atoms with Crippen LogP contribution in [0.25, 0.3) is 0 Å². The highest BCUT2D eigenvalue weighted by molar-refractivity contribution is 7.89. The predicted molar refractivity (Wildman–Crippen MR) is 93.3 cm³/mol. The number of thiophene rings is 1. The Labute approximate surface area is 146 Å². The third kappa shape index (κ3) is 3.56. The van der Waals surface area contributed by atoms with Gasteiger partial charge >= 0.3 is 0 Å². The summed E-state index contributed by atoms with van der Waals surface area (Å²) in [7, 11) is -3.49. The number of rotatable bonds is 6. The van der Waals surface area contributed by atoms with Crippen molar-refractivity contribution >= 4 is 21.4 Å². The van der Waals surface area contributed by atoms with Crippen LogP contribution in [0.5, 0.6) is 0 Å². The Kier molecular flexibility index (Phi) is 5.39. The Morgan fingerprint density at radius 3 is 2.79 bits per heavy atom. The highest BCUT2D eigenvalue weighted by Crippen LogP contribution is 2.34. The van der Waals surface area contributed by atoms with Crippen molar-refractivity contribution in [3.63, 3.8) is 0 Å². The van der Waals surface area contributed by atoms with Crippen LogP contribution in [0, 0.1) is 5.92 Å². The number of aryl methyl sites for hydroxylation is 1. The van der Waals surface area contributed by atoms with Crippen LogP contribution in [0.2, 0.25) is 0 Å². The van der Waals surface area contributed by atoms with Crippen molar-refractivity contribution in [1.82, 2.24) is 14.1 Å². The summed E-state index contributed by atoms with van der Waals surface area (Å²) >= 11 is 1.54. The summed E-state index contributed by atoms with van der Waals surface area (Å²) < 4.78 is 28.6. The average molecular weight is 370 g/mol. The van der Waals surface area contributed by atoms with Crippen molar-refractivity contribution in [3.8, 4) is 0 Å². The number of sulfonamides is 1. The van der Waals surface area contributed by atoms with E-state index in [0.29, 0.717) is 32.5 Å². The van der Waals surface area contributed by atoms with Crippen molar-refractivity contribution in [1.29, 1.82) is 0 Å². The maximum atomic E-state index is 12.7. The molecule has 1 fully saturated rings. The van der Waals surface area contributed by atoms with Gasteiger partial charge in [0.25, 0.3) is 0 Å². The van der Waals surface area contributed by atoms with Crippen molar-refractivity contribution in [2.45, 2.75) is 43.7 Å². The molecule has 0 saturated carbocycles. The first-order valence-electron chi connectivity index (χ1n) is 8.26. The predicted octanol–water partition coefficient (Wildman–Crippen LogP) is 2.49. The van der Waals surface area contributed by atoms with E-state index in [9.17, 15) is 13.5 Å². The lowest BCUT2D eigenvalue weighted by Crippen LogP contribution is -2.39. The van der Waals surface area contributed by atoms with E-state index >= 15 is 0 Å². The van der Waals surface area contributed by atoms with Gasteiger partial charge in [-0.2, -0.15) is 9.40 Å². The molecule has 0 aromatic carbocycles. The maximum absolute atomic E-state index is 12.7. The molecule has 0 radical (unpaired) electrons. The molecule has 1 atom stereocenters. The van der Waals surface area contributed by atoms with Crippen molar-refractivity contribution in [2.75, 3.05) is 13.1 Å². The monoisotopic (exact) mass is 369 g/mol. The largest absolute Gasteiger partial charge is 0.387 e. The molecule has 24 heavy (non-hydrogen) atoms. The summed E-state index contributed by atoms with van der Waals surface area (Å²) in [6.45, 7) is 3.62. The highest BCUT2D eigenvalue weighted by atomic mass is 32.2. The van der Waals surface area contributed by atoms with E-state index in [4.69, 9.17) is 0 Å². The normalized spacial score (nSPS) is 18.8. The van der Waals surface area contributed by atoms with Crippen LogP contribution in [0.1, 0.15) is 37.2 Å². The Morgan fingerprint density at radius 1 is 1.42 bits per heavy atom. The minimum absolute atomic E-state index is 0.109. The maximum Gasteiger partial charge on any atom is 0.246 e. The van der Waals surface area contributed by atoms with Crippen LogP contribution in [0.15, 0.2) is 34.8 Å². The number of hydrogen-bond acceptors (Lipinski definition) is 5. The summed E-state index contributed by atoms with van der Waals surface area (Å²) in [5, 5.41) is 16.5. The Morgan fingerprint density at radius 2 is 2.17 bits per heavy atom. The molecule has 8 heteroatoms. The number of hydrogen-bond donors (Lipinski definition) is 1. The molecular formula is C16H23N3O3S2. The van der Waals surface area contributed by atoms with Gasteiger partial charge in [0, 0.05) is 30.7 Å². The number of aliphatic hydroxyl groups excluding tert-OH is 1. The van der Waals surface area contributed by atoms with Gasteiger partial charge in [-0.25, -0.2) is 8.42 Å². The second kappa shape index (κ2) is 7.35. The number of aromatic nitrogens is 2. The van der Waals surface area contributed by atoms with Gasteiger partial charge < -0.3 is 5.11 Å². The molecule has 3 heterocycles. The summed E-state index contributed by atoms with van der Waals surface area (Å²) in [5.74, 6) is 0.109. The Hall–Kier alpha value is -1.22. The second-order valence-corrected chi connectivity index (χ2v) is 9.06. The fourth-order valence-corrected chi connectivity index (χ4v) is 5.33. The van der Waals surface area contributed by atoms with Gasteiger partial charge in [0.1, 0.15) is 4.90 Å². The molecule has 3 rings (SSSR count). The van der Waals surface area contributed by atoms with Crippen LogP contribution in [-0.2, 0) is 16.6 Å². The third-order valence-electron chi connectivity index (χ3n) is 4.48. The molecular weight excluding hydrogens is 346 g/mol. The molecule has 1 unspecified atom stereocenters. The first-order chi connectivity index (χ1) is 11.5. The lowest BCUT2D eigenvalue weighted by atomic mass is 9.91. The first-order valence-corrected chi connectivity index (χ1v) is 10.6. The second-order valence-electron chi connectivity index (χ2n) is 6.14. The number of piperidine rings is 1. The summed E-state index contributed by atoms with van der Waals surface area (Å²) in [4.78, 5) is 1.21. The van der Waals surface area contributed by atoms with E-state index in [-0.39, 0.29) is 10.8 Å². The molecule has 6 nitrogen and oxygen atoms in total.